The summed E-state index contributed by atoms with van der Waals surface area (Å²) in [5, 5.41) is 0. The molecule has 2 fully saturated rings. The summed E-state index contributed by atoms with van der Waals surface area (Å²) in [7, 11) is 0. The van der Waals surface area contributed by atoms with E-state index < -0.39 is 0 Å². The third kappa shape index (κ3) is 5.50. The third-order valence-corrected chi connectivity index (χ3v) is 9.24. The highest BCUT2D eigenvalue weighted by molar-refractivity contribution is 5.14. The van der Waals surface area contributed by atoms with Crippen molar-refractivity contribution in [2.24, 2.45) is 40.2 Å². The highest BCUT2D eigenvalue weighted by Crippen LogP contribution is 2.65. The SMILES string of the molecule is C=C.CC.CCCCC(C)(C(C)C)C1CCC2(C)C(CCC)CCC2C1(N)CC. The first kappa shape index (κ1) is 28.7. The normalized spacial score (nSPS) is 35.6. The molecule has 0 aromatic carbocycles. The van der Waals surface area contributed by atoms with Crippen LogP contribution in [0.4, 0.5) is 0 Å². The number of fused-ring (bicyclic) bond motifs is 1. The van der Waals surface area contributed by atoms with Gasteiger partial charge in [0.05, 0.1) is 0 Å². The highest BCUT2D eigenvalue weighted by atomic mass is 14.8. The van der Waals surface area contributed by atoms with Crippen molar-refractivity contribution in [1.82, 2.24) is 0 Å². The molecule has 1 heteroatoms. The Morgan fingerprint density at radius 1 is 1.03 bits per heavy atom. The van der Waals surface area contributed by atoms with E-state index in [0.29, 0.717) is 16.7 Å². The second kappa shape index (κ2) is 12.5. The Labute approximate surface area is 185 Å². The van der Waals surface area contributed by atoms with E-state index in [1.807, 2.05) is 13.8 Å². The van der Waals surface area contributed by atoms with Crippen LogP contribution in [0.15, 0.2) is 13.2 Å². The monoisotopic (exact) mass is 407 g/mol. The van der Waals surface area contributed by atoms with Gasteiger partial charge in [-0.1, -0.05) is 88.0 Å². The van der Waals surface area contributed by atoms with Crippen molar-refractivity contribution >= 4 is 0 Å². The molecule has 174 valence electrons. The standard InChI is InChI=1S/C24H47N.C2H6.C2H4/c1-8-11-16-22(6,18(4)5)21-15-17-23(7)19(12-9-2)13-14-20(23)24(21,25)10-3;2*1-2/h18-21H,8-17,25H2,1-7H3;1-2H3;1-2H2. The van der Waals surface area contributed by atoms with Crippen molar-refractivity contribution in [2.75, 3.05) is 0 Å². The molecule has 2 rings (SSSR count). The minimum absolute atomic E-state index is 0.0439. The Hall–Kier alpha value is -0.300. The van der Waals surface area contributed by atoms with Crippen molar-refractivity contribution in [3.63, 3.8) is 0 Å². The molecule has 0 bridgehead atoms. The molecule has 0 saturated heterocycles. The first-order valence-electron chi connectivity index (χ1n) is 13.0. The van der Waals surface area contributed by atoms with Crippen LogP contribution < -0.4 is 5.73 Å². The predicted molar refractivity (Wildman–Crippen MR) is 134 cm³/mol. The van der Waals surface area contributed by atoms with Gasteiger partial charge in [-0.3, -0.25) is 0 Å². The maximum Gasteiger partial charge on any atom is 0.0219 e. The van der Waals surface area contributed by atoms with Crippen molar-refractivity contribution in [3.8, 4) is 0 Å². The van der Waals surface area contributed by atoms with Gasteiger partial charge >= 0.3 is 0 Å². The van der Waals surface area contributed by atoms with Gasteiger partial charge in [0, 0.05) is 5.54 Å². The van der Waals surface area contributed by atoms with E-state index in [-0.39, 0.29) is 5.54 Å². The topological polar surface area (TPSA) is 26.0 Å². The summed E-state index contributed by atoms with van der Waals surface area (Å²) < 4.78 is 0. The lowest BCUT2D eigenvalue weighted by molar-refractivity contribution is -0.0795. The molecule has 2 aliphatic rings. The maximum atomic E-state index is 7.43. The minimum Gasteiger partial charge on any atom is -0.325 e. The second-order valence-electron chi connectivity index (χ2n) is 10.4. The van der Waals surface area contributed by atoms with Crippen LogP contribution in [0.2, 0.25) is 0 Å². The summed E-state index contributed by atoms with van der Waals surface area (Å²) in [6, 6.07) is 0. The Balaban J connectivity index is 0.00000184. The first-order valence-corrected chi connectivity index (χ1v) is 13.0. The lowest BCUT2D eigenvalue weighted by atomic mass is 9.47. The van der Waals surface area contributed by atoms with E-state index in [2.05, 4.69) is 61.6 Å². The molecule has 29 heavy (non-hydrogen) atoms. The van der Waals surface area contributed by atoms with Gasteiger partial charge in [0.25, 0.3) is 0 Å². The van der Waals surface area contributed by atoms with E-state index in [1.165, 1.54) is 57.8 Å². The van der Waals surface area contributed by atoms with Crippen molar-refractivity contribution < 1.29 is 0 Å². The molecule has 0 aliphatic heterocycles. The van der Waals surface area contributed by atoms with Crippen LogP contribution in [0, 0.1) is 34.5 Å². The summed E-state index contributed by atoms with van der Waals surface area (Å²) in [6.45, 7) is 27.2. The van der Waals surface area contributed by atoms with Crippen molar-refractivity contribution in [1.29, 1.82) is 0 Å². The fraction of sp³-hybridized carbons (Fsp3) is 0.929. The van der Waals surface area contributed by atoms with Gasteiger partial charge in [0.15, 0.2) is 0 Å². The molecule has 2 saturated carbocycles. The van der Waals surface area contributed by atoms with Gasteiger partial charge in [-0.2, -0.15) is 0 Å². The summed E-state index contributed by atoms with van der Waals surface area (Å²) >= 11 is 0. The third-order valence-electron chi connectivity index (χ3n) is 9.24. The summed E-state index contributed by atoms with van der Waals surface area (Å²) in [5.41, 5.74) is 8.36. The van der Waals surface area contributed by atoms with Gasteiger partial charge < -0.3 is 5.73 Å². The number of hydrogen-bond acceptors (Lipinski definition) is 1. The Morgan fingerprint density at radius 2 is 1.62 bits per heavy atom. The number of nitrogens with two attached hydrogens (primary N) is 1. The van der Waals surface area contributed by atoms with Crippen LogP contribution in [-0.4, -0.2) is 5.54 Å². The average Bonchev–Trinajstić information content (AvgIpc) is 3.07. The number of hydrogen-bond donors (Lipinski definition) is 1. The summed E-state index contributed by atoms with van der Waals surface area (Å²) in [5.74, 6) is 3.06. The molecule has 0 spiro atoms. The number of rotatable bonds is 8. The minimum atomic E-state index is 0.0439. The van der Waals surface area contributed by atoms with Gasteiger partial charge in [0.2, 0.25) is 0 Å². The number of unbranched alkanes of at least 4 members (excludes halogenated alkanes) is 1. The molecule has 0 radical (unpaired) electrons. The summed E-state index contributed by atoms with van der Waals surface area (Å²) in [6.07, 6.45) is 13.5. The fourth-order valence-electron chi connectivity index (χ4n) is 7.22. The van der Waals surface area contributed by atoms with E-state index >= 15 is 0 Å². The first-order chi connectivity index (χ1) is 13.7. The maximum absolute atomic E-state index is 7.43. The zero-order chi connectivity index (χ0) is 22.9. The van der Waals surface area contributed by atoms with Crippen LogP contribution in [0.25, 0.3) is 0 Å². The molecular weight excluding hydrogens is 350 g/mol. The molecule has 0 aromatic heterocycles. The average molecular weight is 408 g/mol. The Morgan fingerprint density at radius 3 is 2.07 bits per heavy atom. The molecule has 2 aliphatic carbocycles. The highest BCUT2D eigenvalue weighted by Gasteiger charge is 2.61. The zero-order valence-corrected chi connectivity index (χ0v) is 21.9. The Bertz CT molecular complexity index is 444. The van der Waals surface area contributed by atoms with Gasteiger partial charge in [0.1, 0.15) is 0 Å². The van der Waals surface area contributed by atoms with Crippen LogP contribution in [0.1, 0.15) is 127 Å². The molecule has 6 unspecified atom stereocenters. The zero-order valence-electron chi connectivity index (χ0n) is 21.9. The molecular formula is C28H57N. The van der Waals surface area contributed by atoms with Crippen LogP contribution in [0.3, 0.4) is 0 Å². The van der Waals surface area contributed by atoms with Gasteiger partial charge in [-0.25, -0.2) is 0 Å². The quantitative estimate of drug-likeness (QED) is 0.399. The summed E-state index contributed by atoms with van der Waals surface area (Å²) in [4.78, 5) is 0. The van der Waals surface area contributed by atoms with Crippen LogP contribution >= 0.6 is 0 Å². The van der Waals surface area contributed by atoms with E-state index in [0.717, 1.165) is 24.2 Å². The molecule has 0 amide bonds. The molecule has 2 N–H and O–H groups in total. The molecule has 0 heterocycles. The lowest BCUT2D eigenvalue weighted by Gasteiger charge is -2.60. The fourth-order valence-corrected chi connectivity index (χ4v) is 7.22. The molecule has 1 nitrogen and oxygen atoms in total. The van der Waals surface area contributed by atoms with E-state index in [1.54, 1.807) is 0 Å². The van der Waals surface area contributed by atoms with Gasteiger partial charge in [-0.15, -0.1) is 13.2 Å². The van der Waals surface area contributed by atoms with Crippen LogP contribution in [-0.2, 0) is 0 Å². The van der Waals surface area contributed by atoms with Crippen molar-refractivity contribution in [2.45, 2.75) is 132 Å². The lowest BCUT2D eigenvalue weighted by Crippen LogP contribution is -2.64. The smallest absolute Gasteiger partial charge is 0.0219 e. The molecule has 0 aromatic rings. The van der Waals surface area contributed by atoms with E-state index in [9.17, 15) is 0 Å². The Kier molecular flexibility index (Phi) is 12.4. The predicted octanol–water partition coefficient (Wildman–Crippen LogP) is 9.02. The largest absolute Gasteiger partial charge is 0.325 e. The van der Waals surface area contributed by atoms with Crippen molar-refractivity contribution in [3.05, 3.63) is 13.2 Å². The van der Waals surface area contributed by atoms with Gasteiger partial charge in [-0.05, 0) is 73.0 Å². The second-order valence-corrected chi connectivity index (χ2v) is 10.4. The van der Waals surface area contributed by atoms with E-state index in [4.69, 9.17) is 5.73 Å². The van der Waals surface area contributed by atoms with Crippen LogP contribution in [0.5, 0.6) is 0 Å². The molecule has 6 atom stereocenters.